The van der Waals surface area contributed by atoms with Gasteiger partial charge in [0.1, 0.15) is 17.2 Å². The Hall–Kier alpha value is -2.16. The summed E-state index contributed by atoms with van der Waals surface area (Å²) in [7, 11) is 3.32. The minimum atomic E-state index is 0.282. The molecule has 0 aromatic heterocycles. The van der Waals surface area contributed by atoms with E-state index >= 15 is 0 Å². The lowest BCUT2D eigenvalue weighted by molar-refractivity contribution is 0.394. The maximum absolute atomic E-state index is 9.71. The fraction of sp³-hybridized carbons (Fsp3) is 0.250. The lowest BCUT2D eigenvalue weighted by atomic mass is 9.85. The van der Waals surface area contributed by atoms with Crippen molar-refractivity contribution in [1.82, 2.24) is 0 Å². The predicted molar refractivity (Wildman–Crippen MR) is 74.1 cm³/mol. The molecule has 1 N–H and O–H groups in total. The number of phenolic OH excluding ortho intramolecular Hbond substituents is 1. The van der Waals surface area contributed by atoms with Crippen LogP contribution in [-0.4, -0.2) is 19.3 Å². The molecule has 2 aromatic rings. The van der Waals surface area contributed by atoms with Gasteiger partial charge in [0.2, 0.25) is 0 Å². The highest BCUT2D eigenvalue weighted by Crippen LogP contribution is 2.43. The minimum absolute atomic E-state index is 0.282. The summed E-state index contributed by atoms with van der Waals surface area (Å²) in [5.41, 5.74) is 4.57. The summed E-state index contributed by atoms with van der Waals surface area (Å²) < 4.78 is 10.8. The van der Waals surface area contributed by atoms with Gasteiger partial charge in [0.15, 0.2) is 0 Å². The van der Waals surface area contributed by atoms with Gasteiger partial charge in [0, 0.05) is 11.6 Å². The standard InChI is InChI=1S/C16H16O3/c1-18-13-7-11-4-3-10-5-6-12(17)8-14(10)16(11)15(9-13)19-2/h5-9,17H,3-4H2,1-2H3. The van der Waals surface area contributed by atoms with Crippen LogP contribution in [0.1, 0.15) is 11.1 Å². The Morgan fingerprint density at radius 3 is 2.47 bits per heavy atom. The van der Waals surface area contributed by atoms with Gasteiger partial charge in [0.05, 0.1) is 14.2 Å². The van der Waals surface area contributed by atoms with Crippen molar-refractivity contribution < 1.29 is 14.6 Å². The van der Waals surface area contributed by atoms with E-state index in [1.807, 2.05) is 24.3 Å². The van der Waals surface area contributed by atoms with E-state index in [2.05, 4.69) is 0 Å². The summed E-state index contributed by atoms with van der Waals surface area (Å²) >= 11 is 0. The molecule has 1 aliphatic carbocycles. The quantitative estimate of drug-likeness (QED) is 0.897. The number of rotatable bonds is 2. The van der Waals surface area contributed by atoms with Crippen LogP contribution in [0, 0.1) is 0 Å². The first-order chi connectivity index (χ1) is 9.22. The van der Waals surface area contributed by atoms with Crippen molar-refractivity contribution in [3.8, 4) is 28.4 Å². The molecule has 1 aliphatic rings. The van der Waals surface area contributed by atoms with E-state index in [-0.39, 0.29) is 5.75 Å². The van der Waals surface area contributed by atoms with Gasteiger partial charge in [-0.2, -0.15) is 0 Å². The summed E-state index contributed by atoms with van der Waals surface area (Å²) in [4.78, 5) is 0. The molecule has 98 valence electrons. The van der Waals surface area contributed by atoms with Crippen LogP contribution in [0.3, 0.4) is 0 Å². The highest BCUT2D eigenvalue weighted by molar-refractivity contribution is 5.80. The van der Waals surface area contributed by atoms with E-state index < -0.39 is 0 Å². The van der Waals surface area contributed by atoms with Gasteiger partial charge in [-0.05, 0) is 47.7 Å². The summed E-state index contributed by atoms with van der Waals surface area (Å²) in [6, 6.07) is 9.46. The second-order valence-corrected chi connectivity index (χ2v) is 4.71. The molecule has 0 heterocycles. The van der Waals surface area contributed by atoms with E-state index in [9.17, 15) is 5.11 Å². The molecule has 3 rings (SSSR count). The van der Waals surface area contributed by atoms with Gasteiger partial charge in [-0.25, -0.2) is 0 Å². The summed E-state index contributed by atoms with van der Waals surface area (Å²) in [6.45, 7) is 0. The van der Waals surface area contributed by atoms with Crippen LogP contribution in [0.25, 0.3) is 11.1 Å². The Morgan fingerprint density at radius 1 is 0.947 bits per heavy atom. The smallest absolute Gasteiger partial charge is 0.130 e. The molecule has 0 saturated heterocycles. The van der Waals surface area contributed by atoms with E-state index in [1.54, 1.807) is 20.3 Å². The molecule has 3 heteroatoms. The monoisotopic (exact) mass is 256 g/mol. The van der Waals surface area contributed by atoms with Crippen LogP contribution in [0.5, 0.6) is 17.2 Å². The van der Waals surface area contributed by atoms with Crippen LogP contribution in [0.15, 0.2) is 30.3 Å². The van der Waals surface area contributed by atoms with Gasteiger partial charge in [-0.3, -0.25) is 0 Å². The van der Waals surface area contributed by atoms with Crippen molar-refractivity contribution in [2.24, 2.45) is 0 Å². The molecule has 3 nitrogen and oxygen atoms in total. The van der Waals surface area contributed by atoms with Crippen molar-refractivity contribution in [2.45, 2.75) is 12.8 Å². The van der Waals surface area contributed by atoms with E-state index in [4.69, 9.17) is 9.47 Å². The third kappa shape index (κ3) is 1.91. The Kier molecular flexibility index (Phi) is 2.82. The lowest BCUT2D eigenvalue weighted by Gasteiger charge is -2.23. The molecule has 0 bridgehead atoms. The fourth-order valence-electron chi connectivity index (χ4n) is 2.71. The number of phenols is 1. The fourth-order valence-corrected chi connectivity index (χ4v) is 2.71. The zero-order valence-corrected chi connectivity index (χ0v) is 11.1. The van der Waals surface area contributed by atoms with Crippen molar-refractivity contribution in [1.29, 1.82) is 0 Å². The van der Waals surface area contributed by atoms with Crippen molar-refractivity contribution in [3.63, 3.8) is 0 Å². The molecule has 0 spiro atoms. The van der Waals surface area contributed by atoms with Gasteiger partial charge < -0.3 is 14.6 Å². The molecule has 2 aromatic carbocycles. The molecule has 0 aliphatic heterocycles. The zero-order valence-electron chi connectivity index (χ0n) is 11.1. The number of hydrogen-bond acceptors (Lipinski definition) is 3. The van der Waals surface area contributed by atoms with Crippen LogP contribution >= 0.6 is 0 Å². The number of hydrogen-bond donors (Lipinski definition) is 1. The molecule has 0 saturated carbocycles. The van der Waals surface area contributed by atoms with E-state index in [0.29, 0.717) is 0 Å². The third-order valence-electron chi connectivity index (χ3n) is 3.64. The molecule has 0 fully saturated rings. The van der Waals surface area contributed by atoms with Gasteiger partial charge in [-0.15, -0.1) is 0 Å². The highest BCUT2D eigenvalue weighted by Gasteiger charge is 2.21. The third-order valence-corrected chi connectivity index (χ3v) is 3.64. The molecular weight excluding hydrogens is 240 g/mol. The Morgan fingerprint density at radius 2 is 1.74 bits per heavy atom. The highest BCUT2D eigenvalue weighted by atomic mass is 16.5. The lowest BCUT2D eigenvalue weighted by Crippen LogP contribution is -2.06. The first kappa shape index (κ1) is 11.9. The topological polar surface area (TPSA) is 38.7 Å². The Balaban J connectivity index is 2.27. The number of aromatic hydroxyl groups is 1. The normalized spacial score (nSPS) is 12.5. The molecule has 0 amide bonds. The van der Waals surface area contributed by atoms with Crippen LogP contribution in [0.4, 0.5) is 0 Å². The molecular formula is C16H16O3. The summed E-state index contributed by atoms with van der Waals surface area (Å²) in [5, 5.41) is 9.71. The maximum Gasteiger partial charge on any atom is 0.130 e. The second-order valence-electron chi connectivity index (χ2n) is 4.71. The Labute approximate surface area is 112 Å². The maximum atomic E-state index is 9.71. The molecule has 0 radical (unpaired) electrons. The molecule has 0 unspecified atom stereocenters. The van der Waals surface area contributed by atoms with Crippen molar-refractivity contribution in [2.75, 3.05) is 14.2 Å². The van der Waals surface area contributed by atoms with Gasteiger partial charge >= 0.3 is 0 Å². The predicted octanol–water partition coefficient (Wildman–Crippen LogP) is 3.18. The zero-order chi connectivity index (χ0) is 13.4. The Bertz CT molecular complexity index is 615. The average Bonchev–Trinajstić information content (AvgIpc) is 2.45. The van der Waals surface area contributed by atoms with E-state index in [0.717, 1.165) is 35.5 Å². The average molecular weight is 256 g/mol. The SMILES string of the molecule is COc1cc2c(c(OC)c1)-c1cc(O)ccc1CC2. The van der Waals surface area contributed by atoms with Crippen molar-refractivity contribution >= 4 is 0 Å². The van der Waals surface area contributed by atoms with Gasteiger partial charge in [0.25, 0.3) is 0 Å². The number of methoxy groups -OCH3 is 2. The molecule has 0 atom stereocenters. The summed E-state index contributed by atoms with van der Waals surface area (Å²) in [5.74, 6) is 1.88. The second kappa shape index (κ2) is 4.50. The minimum Gasteiger partial charge on any atom is -0.508 e. The van der Waals surface area contributed by atoms with Crippen LogP contribution < -0.4 is 9.47 Å². The van der Waals surface area contributed by atoms with Crippen molar-refractivity contribution in [3.05, 3.63) is 41.5 Å². The largest absolute Gasteiger partial charge is 0.508 e. The van der Waals surface area contributed by atoms with Gasteiger partial charge in [-0.1, -0.05) is 6.07 Å². The number of benzene rings is 2. The molecule has 19 heavy (non-hydrogen) atoms. The number of aryl methyl sites for hydroxylation is 2. The number of fused-ring (bicyclic) bond motifs is 3. The van der Waals surface area contributed by atoms with Crippen LogP contribution in [0.2, 0.25) is 0 Å². The summed E-state index contributed by atoms with van der Waals surface area (Å²) in [6.07, 6.45) is 1.93. The number of ether oxygens (including phenoxy) is 2. The van der Waals surface area contributed by atoms with E-state index in [1.165, 1.54) is 11.1 Å². The first-order valence-corrected chi connectivity index (χ1v) is 6.30. The van der Waals surface area contributed by atoms with Crippen LogP contribution in [-0.2, 0) is 12.8 Å². The first-order valence-electron chi connectivity index (χ1n) is 6.30.